The lowest BCUT2D eigenvalue weighted by atomic mass is 10.3. The standard InChI is InChI=1S/C14H13N3O2S/c1-2-14-16-12-8-9-15-10-13(12)20(18,19)17(14)11-6-4-3-5-7-11/h3-10H,2H2,1H3. The molecule has 0 radical (unpaired) electrons. The Morgan fingerprint density at radius 1 is 1.15 bits per heavy atom. The van der Waals surface area contributed by atoms with E-state index < -0.39 is 10.0 Å². The van der Waals surface area contributed by atoms with Crippen molar-refractivity contribution >= 4 is 27.2 Å². The Balaban J connectivity index is 2.26. The van der Waals surface area contributed by atoms with Crippen LogP contribution >= 0.6 is 0 Å². The number of nitrogens with zero attached hydrogens (tertiary/aromatic N) is 3. The topological polar surface area (TPSA) is 62.6 Å². The minimum atomic E-state index is -3.66. The molecule has 1 aromatic carbocycles. The number of aliphatic imine (C=N–C) groups is 1. The van der Waals surface area contributed by atoms with E-state index in [0.717, 1.165) is 0 Å². The van der Waals surface area contributed by atoms with Gasteiger partial charge < -0.3 is 0 Å². The molecule has 0 bridgehead atoms. The molecule has 0 amide bonds. The third-order valence-electron chi connectivity index (χ3n) is 3.07. The maximum atomic E-state index is 12.8. The summed E-state index contributed by atoms with van der Waals surface area (Å²) in [5, 5.41) is 0. The molecule has 0 saturated heterocycles. The molecule has 1 aromatic heterocycles. The highest BCUT2D eigenvalue weighted by Gasteiger charge is 2.34. The van der Waals surface area contributed by atoms with Gasteiger partial charge in [0.05, 0.1) is 11.4 Å². The van der Waals surface area contributed by atoms with Crippen molar-refractivity contribution in [2.45, 2.75) is 18.2 Å². The van der Waals surface area contributed by atoms with E-state index in [9.17, 15) is 8.42 Å². The molecule has 0 unspecified atom stereocenters. The predicted molar refractivity (Wildman–Crippen MR) is 77.7 cm³/mol. The van der Waals surface area contributed by atoms with Crippen LogP contribution in [0.2, 0.25) is 0 Å². The first kappa shape index (κ1) is 12.8. The molecule has 3 rings (SSSR count). The van der Waals surface area contributed by atoms with Gasteiger partial charge in [0.2, 0.25) is 0 Å². The van der Waals surface area contributed by atoms with E-state index in [-0.39, 0.29) is 4.90 Å². The summed E-state index contributed by atoms with van der Waals surface area (Å²) in [6.07, 6.45) is 3.41. The van der Waals surface area contributed by atoms with E-state index in [2.05, 4.69) is 9.98 Å². The fourth-order valence-corrected chi connectivity index (χ4v) is 3.77. The molecule has 2 heterocycles. The van der Waals surface area contributed by atoms with Gasteiger partial charge in [-0.1, -0.05) is 25.1 Å². The SMILES string of the molecule is CCC1=Nc2ccncc2S(=O)(=O)N1c1ccccc1. The molecule has 0 saturated carbocycles. The fraction of sp³-hybridized carbons (Fsp3) is 0.143. The summed E-state index contributed by atoms with van der Waals surface area (Å²) in [6.45, 7) is 1.89. The van der Waals surface area contributed by atoms with Crippen LogP contribution in [0.4, 0.5) is 11.4 Å². The van der Waals surface area contributed by atoms with Crippen molar-refractivity contribution in [1.29, 1.82) is 0 Å². The maximum absolute atomic E-state index is 12.8. The highest BCUT2D eigenvalue weighted by molar-refractivity contribution is 7.93. The Morgan fingerprint density at radius 3 is 2.60 bits per heavy atom. The number of anilines is 1. The Labute approximate surface area is 117 Å². The number of fused-ring (bicyclic) bond motifs is 1. The lowest BCUT2D eigenvalue weighted by Crippen LogP contribution is -2.38. The van der Waals surface area contributed by atoms with Gasteiger partial charge in [-0.05, 0) is 18.2 Å². The highest BCUT2D eigenvalue weighted by atomic mass is 32.2. The van der Waals surface area contributed by atoms with Crippen LogP contribution in [0.5, 0.6) is 0 Å². The predicted octanol–water partition coefficient (Wildman–Crippen LogP) is 2.73. The molecule has 5 nitrogen and oxygen atoms in total. The van der Waals surface area contributed by atoms with Gasteiger partial charge in [0.25, 0.3) is 10.0 Å². The smallest absolute Gasteiger partial charge is 0.263 e. The lowest BCUT2D eigenvalue weighted by Gasteiger charge is -2.29. The van der Waals surface area contributed by atoms with E-state index in [1.54, 1.807) is 36.5 Å². The summed E-state index contributed by atoms with van der Waals surface area (Å²) >= 11 is 0. The van der Waals surface area contributed by atoms with Gasteiger partial charge >= 0.3 is 0 Å². The van der Waals surface area contributed by atoms with Crippen molar-refractivity contribution in [3.05, 3.63) is 48.8 Å². The van der Waals surface area contributed by atoms with E-state index in [4.69, 9.17) is 0 Å². The lowest BCUT2D eigenvalue weighted by molar-refractivity contribution is 0.595. The van der Waals surface area contributed by atoms with Crippen molar-refractivity contribution in [1.82, 2.24) is 4.98 Å². The number of benzene rings is 1. The van der Waals surface area contributed by atoms with Crippen LogP contribution in [0.3, 0.4) is 0 Å². The first-order valence-electron chi connectivity index (χ1n) is 6.26. The molecule has 1 aliphatic rings. The summed E-state index contributed by atoms with van der Waals surface area (Å²) in [4.78, 5) is 8.48. The van der Waals surface area contributed by atoms with Crippen LogP contribution in [0.25, 0.3) is 0 Å². The average molecular weight is 287 g/mol. The van der Waals surface area contributed by atoms with Crippen molar-refractivity contribution < 1.29 is 8.42 Å². The molecule has 0 fully saturated rings. The van der Waals surface area contributed by atoms with Gasteiger partial charge in [0.15, 0.2) is 0 Å². The van der Waals surface area contributed by atoms with Gasteiger partial charge in [-0.3, -0.25) is 4.98 Å². The molecule has 2 aromatic rings. The number of aromatic nitrogens is 1. The Morgan fingerprint density at radius 2 is 1.90 bits per heavy atom. The van der Waals surface area contributed by atoms with Crippen LogP contribution in [0, 0.1) is 0 Å². The third-order valence-corrected chi connectivity index (χ3v) is 4.84. The van der Waals surface area contributed by atoms with Gasteiger partial charge in [-0.25, -0.2) is 17.7 Å². The van der Waals surface area contributed by atoms with E-state index >= 15 is 0 Å². The zero-order valence-corrected chi connectivity index (χ0v) is 11.7. The first-order chi connectivity index (χ1) is 9.64. The number of hydrogen-bond acceptors (Lipinski definition) is 4. The van der Waals surface area contributed by atoms with E-state index in [0.29, 0.717) is 23.6 Å². The zero-order valence-electron chi connectivity index (χ0n) is 10.9. The second kappa shape index (κ2) is 4.72. The molecule has 6 heteroatoms. The number of pyridine rings is 1. The number of para-hydroxylation sites is 1. The van der Waals surface area contributed by atoms with Crippen LogP contribution in [0.1, 0.15) is 13.3 Å². The summed E-state index contributed by atoms with van der Waals surface area (Å²) in [5.41, 5.74) is 1.03. The number of sulfonamides is 1. The Kier molecular flexibility index (Phi) is 3.02. The second-order valence-electron chi connectivity index (χ2n) is 4.33. The minimum absolute atomic E-state index is 0.140. The van der Waals surface area contributed by atoms with Gasteiger partial charge in [-0.2, -0.15) is 0 Å². The van der Waals surface area contributed by atoms with Crippen molar-refractivity contribution in [3.8, 4) is 0 Å². The Bertz CT molecular complexity index is 770. The molecule has 0 atom stereocenters. The summed E-state index contributed by atoms with van der Waals surface area (Å²) < 4.78 is 26.8. The first-order valence-corrected chi connectivity index (χ1v) is 7.70. The van der Waals surface area contributed by atoms with Crippen LogP contribution in [-0.2, 0) is 10.0 Å². The zero-order chi connectivity index (χ0) is 14.2. The molecule has 102 valence electrons. The van der Waals surface area contributed by atoms with Crippen LogP contribution in [-0.4, -0.2) is 19.2 Å². The van der Waals surface area contributed by atoms with Gasteiger partial charge in [0.1, 0.15) is 10.7 Å². The molecule has 20 heavy (non-hydrogen) atoms. The molecular formula is C14H13N3O2S. The molecule has 1 aliphatic heterocycles. The largest absolute Gasteiger partial charge is 0.273 e. The quantitative estimate of drug-likeness (QED) is 0.853. The molecule has 0 aliphatic carbocycles. The fourth-order valence-electron chi connectivity index (χ4n) is 2.16. The van der Waals surface area contributed by atoms with Gasteiger partial charge in [0, 0.05) is 18.8 Å². The summed E-state index contributed by atoms with van der Waals surface area (Å²) in [7, 11) is -3.66. The molecule has 0 N–H and O–H groups in total. The summed E-state index contributed by atoms with van der Waals surface area (Å²) in [6, 6.07) is 10.6. The maximum Gasteiger partial charge on any atom is 0.273 e. The average Bonchev–Trinajstić information content (AvgIpc) is 2.47. The normalized spacial score (nSPS) is 16.4. The minimum Gasteiger partial charge on any atom is -0.263 e. The molecular weight excluding hydrogens is 274 g/mol. The second-order valence-corrected chi connectivity index (χ2v) is 6.09. The van der Waals surface area contributed by atoms with E-state index in [1.165, 1.54) is 10.5 Å². The van der Waals surface area contributed by atoms with E-state index in [1.807, 2.05) is 13.0 Å². The number of amidine groups is 1. The van der Waals surface area contributed by atoms with Crippen molar-refractivity contribution in [3.63, 3.8) is 0 Å². The third kappa shape index (κ3) is 1.89. The monoisotopic (exact) mass is 287 g/mol. The van der Waals surface area contributed by atoms with Crippen LogP contribution in [0.15, 0.2) is 58.7 Å². The highest BCUT2D eigenvalue weighted by Crippen LogP contribution is 2.35. The summed E-state index contributed by atoms with van der Waals surface area (Å²) in [5.74, 6) is 0.509. The van der Waals surface area contributed by atoms with Crippen LogP contribution < -0.4 is 4.31 Å². The van der Waals surface area contributed by atoms with Gasteiger partial charge in [-0.15, -0.1) is 0 Å². The van der Waals surface area contributed by atoms with Crippen molar-refractivity contribution in [2.75, 3.05) is 4.31 Å². The molecule has 0 spiro atoms. The Hall–Kier alpha value is -2.21. The number of rotatable bonds is 2. The van der Waals surface area contributed by atoms with Crippen molar-refractivity contribution in [2.24, 2.45) is 4.99 Å². The number of hydrogen-bond donors (Lipinski definition) is 0.